The van der Waals surface area contributed by atoms with Crippen molar-refractivity contribution in [3.63, 3.8) is 0 Å². The van der Waals surface area contributed by atoms with Gasteiger partial charge in [0.1, 0.15) is 12.4 Å². The van der Waals surface area contributed by atoms with Gasteiger partial charge in [0.15, 0.2) is 0 Å². The van der Waals surface area contributed by atoms with Gasteiger partial charge in [-0.3, -0.25) is 19.5 Å². The molecule has 0 saturated heterocycles. The Morgan fingerprint density at radius 1 is 1.24 bits per heavy atom. The van der Waals surface area contributed by atoms with E-state index in [9.17, 15) is 9.59 Å². The molecule has 1 aromatic heterocycles. The second-order valence-electron chi connectivity index (χ2n) is 8.74. The number of benzene rings is 1. The van der Waals surface area contributed by atoms with Gasteiger partial charge in [-0.25, -0.2) is 0 Å². The van der Waals surface area contributed by atoms with E-state index >= 15 is 0 Å². The Labute approximate surface area is 195 Å². The van der Waals surface area contributed by atoms with Crippen LogP contribution in [0.1, 0.15) is 36.8 Å². The first-order valence-corrected chi connectivity index (χ1v) is 11.2. The number of fused-ring (bicyclic) bond motifs is 1. The van der Waals surface area contributed by atoms with Crippen LogP contribution >= 0.6 is 0 Å². The van der Waals surface area contributed by atoms with Gasteiger partial charge in [0, 0.05) is 64.7 Å². The standard InChI is InChI=1S/C25H34N4O4/c1-17-13-29(14-21-8-6-7-11-26-21)18(2)16-33-23-12-20(27-19(3)30)9-10-22(23)25(31)28(4)15-24(17)32-5/h6-12,17-18,24H,13-16H2,1-5H3,(H,27,30)/t17-,18+,24-/m1/s1. The fourth-order valence-electron chi connectivity index (χ4n) is 4.05. The molecule has 0 spiro atoms. The van der Waals surface area contributed by atoms with E-state index in [0.29, 0.717) is 36.7 Å². The minimum atomic E-state index is -0.182. The number of carbonyl (C=O) groups is 2. The Morgan fingerprint density at radius 3 is 2.70 bits per heavy atom. The number of anilines is 1. The highest BCUT2D eigenvalue weighted by molar-refractivity contribution is 5.98. The molecule has 0 fully saturated rings. The number of aromatic nitrogens is 1. The van der Waals surface area contributed by atoms with E-state index in [1.54, 1.807) is 43.5 Å². The summed E-state index contributed by atoms with van der Waals surface area (Å²) in [6.07, 6.45) is 1.68. The summed E-state index contributed by atoms with van der Waals surface area (Å²) in [5.74, 6) is 0.299. The van der Waals surface area contributed by atoms with E-state index in [0.717, 1.165) is 12.2 Å². The summed E-state index contributed by atoms with van der Waals surface area (Å²) >= 11 is 0. The third-order valence-corrected chi connectivity index (χ3v) is 5.99. The Hall–Kier alpha value is -2.97. The summed E-state index contributed by atoms with van der Waals surface area (Å²) in [4.78, 5) is 33.2. The third-order valence-electron chi connectivity index (χ3n) is 5.99. The normalized spacial score (nSPS) is 22.5. The molecule has 1 aliphatic rings. The van der Waals surface area contributed by atoms with E-state index in [2.05, 4.69) is 29.0 Å². The number of nitrogens with one attached hydrogen (secondary N) is 1. The number of rotatable bonds is 4. The molecule has 3 rings (SSSR count). The van der Waals surface area contributed by atoms with Crippen LogP contribution in [0.5, 0.6) is 5.75 Å². The van der Waals surface area contributed by atoms with Crippen LogP contribution in [0.25, 0.3) is 0 Å². The Morgan fingerprint density at radius 2 is 2.03 bits per heavy atom. The predicted octanol–water partition coefficient (Wildman–Crippen LogP) is 3.05. The van der Waals surface area contributed by atoms with Gasteiger partial charge in [-0.1, -0.05) is 13.0 Å². The highest BCUT2D eigenvalue weighted by Gasteiger charge is 2.28. The minimum absolute atomic E-state index is 0.0523. The van der Waals surface area contributed by atoms with Gasteiger partial charge in [0.05, 0.1) is 17.4 Å². The van der Waals surface area contributed by atoms with Gasteiger partial charge in [0.2, 0.25) is 5.91 Å². The number of carbonyl (C=O) groups excluding carboxylic acids is 2. The van der Waals surface area contributed by atoms with Crippen LogP contribution < -0.4 is 10.1 Å². The lowest BCUT2D eigenvalue weighted by Crippen LogP contribution is -2.46. The van der Waals surface area contributed by atoms with Crippen molar-refractivity contribution in [3.8, 4) is 5.75 Å². The molecule has 178 valence electrons. The lowest BCUT2D eigenvalue weighted by atomic mass is 10.0. The molecule has 1 aliphatic heterocycles. The largest absolute Gasteiger partial charge is 0.491 e. The first kappa shape index (κ1) is 24.7. The van der Waals surface area contributed by atoms with Gasteiger partial charge in [-0.2, -0.15) is 0 Å². The zero-order valence-corrected chi connectivity index (χ0v) is 20.1. The van der Waals surface area contributed by atoms with Crippen LogP contribution in [-0.4, -0.2) is 72.6 Å². The molecule has 2 amide bonds. The lowest BCUT2D eigenvalue weighted by molar-refractivity contribution is -0.114. The number of ether oxygens (including phenoxy) is 2. The van der Waals surface area contributed by atoms with Crippen molar-refractivity contribution in [1.29, 1.82) is 0 Å². The molecular formula is C25H34N4O4. The molecule has 0 aliphatic carbocycles. The fraction of sp³-hybridized carbons (Fsp3) is 0.480. The molecule has 33 heavy (non-hydrogen) atoms. The van der Waals surface area contributed by atoms with Crippen LogP contribution in [0, 0.1) is 5.92 Å². The second kappa shape index (κ2) is 11.2. The molecule has 0 saturated carbocycles. The monoisotopic (exact) mass is 454 g/mol. The zero-order valence-electron chi connectivity index (χ0n) is 20.1. The number of hydrogen-bond acceptors (Lipinski definition) is 6. The number of pyridine rings is 1. The molecule has 0 radical (unpaired) electrons. The third kappa shape index (κ3) is 6.52. The predicted molar refractivity (Wildman–Crippen MR) is 127 cm³/mol. The van der Waals surface area contributed by atoms with E-state index in [-0.39, 0.29) is 29.9 Å². The molecule has 8 heteroatoms. The van der Waals surface area contributed by atoms with Crippen LogP contribution in [0.4, 0.5) is 5.69 Å². The molecule has 8 nitrogen and oxygen atoms in total. The van der Waals surface area contributed by atoms with Crippen molar-refractivity contribution in [2.45, 2.75) is 39.5 Å². The van der Waals surface area contributed by atoms with Crippen molar-refractivity contribution in [2.75, 3.05) is 39.2 Å². The Balaban J connectivity index is 1.94. The van der Waals surface area contributed by atoms with Gasteiger partial charge in [-0.05, 0) is 37.1 Å². The van der Waals surface area contributed by atoms with Crippen LogP contribution in [0.2, 0.25) is 0 Å². The second-order valence-corrected chi connectivity index (χ2v) is 8.74. The Kier molecular flexibility index (Phi) is 8.41. The molecule has 1 aromatic carbocycles. The van der Waals surface area contributed by atoms with E-state index in [4.69, 9.17) is 9.47 Å². The average molecular weight is 455 g/mol. The summed E-state index contributed by atoms with van der Waals surface area (Å²) < 4.78 is 12.0. The van der Waals surface area contributed by atoms with Gasteiger partial charge in [-0.15, -0.1) is 0 Å². The Bertz CT molecular complexity index is 953. The molecule has 2 aromatic rings. The maximum Gasteiger partial charge on any atom is 0.257 e. The maximum absolute atomic E-state index is 13.2. The van der Waals surface area contributed by atoms with E-state index in [1.165, 1.54) is 6.92 Å². The highest BCUT2D eigenvalue weighted by atomic mass is 16.5. The maximum atomic E-state index is 13.2. The van der Waals surface area contributed by atoms with Crippen LogP contribution in [0.15, 0.2) is 42.6 Å². The van der Waals surface area contributed by atoms with Crippen molar-refractivity contribution in [3.05, 3.63) is 53.9 Å². The van der Waals surface area contributed by atoms with Crippen molar-refractivity contribution in [2.24, 2.45) is 5.92 Å². The molecule has 0 bridgehead atoms. The van der Waals surface area contributed by atoms with E-state index < -0.39 is 0 Å². The molecular weight excluding hydrogens is 420 g/mol. The lowest BCUT2D eigenvalue weighted by Gasteiger charge is -2.35. The average Bonchev–Trinajstić information content (AvgIpc) is 2.79. The molecule has 3 atom stereocenters. The summed E-state index contributed by atoms with van der Waals surface area (Å²) in [5.41, 5.74) is 2.03. The van der Waals surface area contributed by atoms with Gasteiger partial charge >= 0.3 is 0 Å². The first-order valence-electron chi connectivity index (χ1n) is 11.2. The summed E-state index contributed by atoms with van der Waals surface area (Å²) in [7, 11) is 3.46. The van der Waals surface area contributed by atoms with Crippen molar-refractivity contribution >= 4 is 17.5 Å². The van der Waals surface area contributed by atoms with Crippen LogP contribution in [0.3, 0.4) is 0 Å². The zero-order chi connectivity index (χ0) is 24.0. The molecule has 1 N–H and O–H groups in total. The smallest absolute Gasteiger partial charge is 0.257 e. The molecule has 2 heterocycles. The SMILES string of the molecule is CO[C@@H]1CN(C)C(=O)c2ccc(NC(C)=O)cc2OC[C@H](C)N(Cc2ccccn2)C[C@H]1C. The topological polar surface area (TPSA) is 84.0 Å². The van der Waals surface area contributed by atoms with Crippen LogP contribution in [-0.2, 0) is 16.1 Å². The minimum Gasteiger partial charge on any atom is -0.491 e. The number of hydrogen-bond donors (Lipinski definition) is 1. The summed E-state index contributed by atoms with van der Waals surface area (Å²) in [6.45, 7) is 7.97. The van der Waals surface area contributed by atoms with Crippen molar-refractivity contribution in [1.82, 2.24) is 14.8 Å². The number of amides is 2. The quantitative estimate of drug-likeness (QED) is 0.765. The summed E-state index contributed by atoms with van der Waals surface area (Å²) in [6, 6.07) is 11.1. The highest BCUT2D eigenvalue weighted by Crippen LogP contribution is 2.27. The number of likely N-dealkylation sites (N-methyl/N-ethyl adjacent to an activating group) is 1. The van der Waals surface area contributed by atoms with Gasteiger partial charge in [0.25, 0.3) is 5.91 Å². The number of nitrogens with zero attached hydrogens (tertiary/aromatic N) is 3. The first-order chi connectivity index (χ1) is 15.8. The summed E-state index contributed by atoms with van der Waals surface area (Å²) in [5, 5.41) is 2.76. The molecule has 0 unspecified atom stereocenters. The van der Waals surface area contributed by atoms with Gasteiger partial charge < -0.3 is 19.7 Å². The fourth-order valence-corrected chi connectivity index (χ4v) is 4.05. The van der Waals surface area contributed by atoms with E-state index in [1.807, 2.05) is 18.2 Å². The van der Waals surface area contributed by atoms with Crippen molar-refractivity contribution < 1.29 is 19.1 Å². The number of methoxy groups -OCH3 is 1.